The number of alkyl halides is 3. The maximum atomic E-state index is 12.3. The van der Waals surface area contributed by atoms with Crippen LogP contribution < -0.4 is 0 Å². The molecule has 0 bridgehead atoms. The highest BCUT2D eigenvalue weighted by Crippen LogP contribution is 2.22. The molecule has 19 heavy (non-hydrogen) atoms. The van der Waals surface area contributed by atoms with Crippen molar-refractivity contribution in [1.29, 1.82) is 0 Å². The first-order valence-corrected chi connectivity index (χ1v) is 8.31. The highest BCUT2D eigenvalue weighted by molar-refractivity contribution is 7.91. The highest BCUT2D eigenvalue weighted by Gasteiger charge is 2.34. The topological polar surface area (TPSA) is 40.6 Å². The van der Waals surface area contributed by atoms with Gasteiger partial charge in [-0.05, 0) is 25.9 Å². The molecule has 2 saturated heterocycles. The van der Waals surface area contributed by atoms with Crippen LogP contribution in [0.4, 0.5) is 13.2 Å². The van der Waals surface area contributed by atoms with Crippen molar-refractivity contribution in [3.05, 3.63) is 0 Å². The van der Waals surface area contributed by atoms with E-state index in [1.54, 1.807) is 0 Å². The third-order valence-corrected chi connectivity index (χ3v) is 5.46. The maximum absolute atomic E-state index is 12.3. The summed E-state index contributed by atoms with van der Waals surface area (Å²) in [6.07, 6.45) is -2.75. The lowest BCUT2D eigenvalue weighted by Gasteiger charge is -2.40. The van der Waals surface area contributed by atoms with Crippen molar-refractivity contribution in [2.75, 3.05) is 44.2 Å². The largest absolute Gasteiger partial charge is 0.401 e. The Morgan fingerprint density at radius 2 is 1.53 bits per heavy atom. The van der Waals surface area contributed by atoms with Crippen LogP contribution in [-0.2, 0) is 9.84 Å². The van der Waals surface area contributed by atoms with Crippen molar-refractivity contribution in [2.24, 2.45) is 0 Å². The van der Waals surface area contributed by atoms with Crippen molar-refractivity contribution in [3.8, 4) is 0 Å². The summed E-state index contributed by atoms with van der Waals surface area (Å²) in [5, 5.41) is 0. The van der Waals surface area contributed by atoms with Crippen molar-refractivity contribution in [2.45, 2.75) is 25.1 Å². The Bertz CT molecular complexity index is 389. The van der Waals surface area contributed by atoms with Gasteiger partial charge in [-0.15, -0.1) is 0 Å². The molecule has 0 spiro atoms. The summed E-state index contributed by atoms with van der Waals surface area (Å²) in [7, 11) is -2.89. The molecule has 0 atom stereocenters. The fourth-order valence-electron chi connectivity index (χ4n) is 2.79. The summed E-state index contributed by atoms with van der Waals surface area (Å²) < 4.78 is 59.4. The number of nitrogens with zero attached hydrogens (tertiary/aromatic N) is 2. The van der Waals surface area contributed by atoms with Gasteiger partial charge in [0.05, 0.1) is 18.1 Å². The zero-order valence-corrected chi connectivity index (χ0v) is 11.5. The number of rotatable bonds is 2. The zero-order valence-electron chi connectivity index (χ0n) is 10.7. The van der Waals surface area contributed by atoms with E-state index in [4.69, 9.17) is 0 Å². The van der Waals surface area contributed by atoms with Gasteiger partial charge in [0.15, 0.2) is 9.84 Å². The van der Waals surface area contributed by atoms with Gasteiger partial charge in [0.25, 0.3) is 0 Å². The molecule has 0 saturated carbocycles. The number of sulfone groups is 1. The van der Waals surface area contributed by atoms with E-state index in [2.05, 4.69) is 4.90 Å². The van der Waals surface area contributed by atoms with Gasteiger partial charge in [-0.3, -0.25) is 9.80 Å². The number of halogens is 3. The van der Waals surface area contributed by atoms with Crippen LogP contribution in [0, 0.1) is 0 Å². The van der Waals surface area contributed by atoms with Crippen molar-refractivity contribution in [1.82, 2.24) is 9.80 Å². The van der Waals surface area contributed by atoms with Crippen molar-refractivity contribution >= 4 is 9.84 Å². The van der Waals surface area contributed by atoms with Crippen LogP contribution in [0.15, 0.2) is 0 Å². The Morgan fingerprint density at radius 3 is 2.00 bits per heavy atom. The number of piperidine rings is 1. The van der Waals surface area contributed by atoms with Crippen LogP contribution in [0.5, 0.6) is 0 Å². The molecule has 2 rings (SSSR count). The second kappa shape index (κ2) is 5.57. The molecule has 0 aliphatic carbocycles. The van der Waals surface area contributed by atoms with E-state index < -0.39 is 22.6 Å². The first kappa shape index (κ1) is 15.1. The van der Waals surface area contributed by atoms with Crippen LogP contribution in [0.2, 0.25) is 0 Å². The molecule has 2 heterocycles. The van der Waals surface area contributed by atoms with Crippen LogP contribution in [0.25, 0.3) is 0 Å². The van der Waals surface area contributed by atoms with Gasteiger partial charge in [0.2, 0.25) is 0 Å². The Hall–Kier alpha value is -0.340. The van der Waals surface area contributed by atoms with E-state index in [-0.39, 0.29) is 17.5 Å². The summed E-state index contributed by atoms with van der Waals surface area (Å²) in [6.45, 7) is 1.08. The third kappa shape index (κ3) is 4.61. The second-order valence-corrected chi connectivity index (χ2v) is 7.61. The molecule has 2 aliphatic heterocycles. The predicted molar refractivity (Wildman–Crippen MR) is 65.7 cm³/mol. The van der Waals surface area contributed by atoms with Gasteiger partial charge >= 0.3 is 6.18 Å². The summed E-state index contributed by atoms with van der Waals surface area (Å²) in [4.78, 5) is 3.54. The highest BCUT2D eigenvalue weighted by atomic mass is 32.2. The van der Waals surface area contributed by atoms with Gasteiger partial charge in [0.1, 0.15) is 0 Å². The van der Waals surface area contributed by atoms with E-state index in [0.29, 0.717) is 39.0 Å². The molecule has 112 valence electrons. The minimum absolute atomic E-state index is 0.176. The third-order valence-electron chi connectivity index (χ3n) is 3.86. The molecule has 0 amide bonds. The second-order valence-electron chi connectivity index (χ2n) is 5.31. The predicted octanol–water partition coefficient (Wildman–Crippen LogP) is 0.743. The molecule has 0 aromatic heterocycles. The van der Waals surface area contributed by atoms with E-state index >= 15 is 0 Å². The van der Waals surface area contributed by atoms with E-state index in [1.165, 1.54) is 4.90 Å². The van der Waals surface area contributed by atoms with Gasteiger partial charge in [-0.1, -0.05) is 0 Å². The van der Waals surface area contributed by atoms with Crippen molar-refractivity contribution in [3.63, 3.8) is 0 Å². The summed E-state index contributed by atoms with van der Waals surface area (Å²) in [5.41, 5.74) is 0. The lowest BCUT2D eigenvalue weighted by atomic mass is 10.0. The molecular weight excluding hydrogens is 281 g/mol. The van der Waals surface area contributed by atoms with Crippen LogP contribution in [0.3, 0.4) is 0 Å². The molecule has 0 aromatic carbocycles. The van der Waals surface area contributed by atoms with E-state index in [0.717, 1.165) is 0 Å². The molecule has 8 heteroatoms. The van der Waals surface area contributed by atoms with E-state index in [1.807, 2.05) is 0 Å². The first-order valence-electron chi connectivity index (χ1n) is 6.49. The van der Waals surface area contributed by atoms with Crippen LogP contribution in [0.1, 0.15) is 12.8 Å². The Morgan fingerprint density at radius 1 is 1.00 bits per heavy atom. The number of likely N-dealkylation sites (tertiary alicyclic amines) is 1. The van der Waals surface area contributed by atoms with Gasteiger partial charge in [-0.25, -0.2) is 8.42 Å². The van der Waals surface area contributed by atoms with Gasteiger partial charge < -0.3 is 0 Å². The lowest BCUT2D eigenvalue weighted by Crippen LogP contribution is -2.51. The van der Waals surface area contributed by atoms with Crippen LogP contribution in [-0.4, -0.2) is 74.7 Å². The Kier molecular flexibility index (Phi) is 4.42. The molecule has 0 aromatic rings. The monoisotopic (exact) mass is 300 g/mol. The van der Waals surface area contributed by atoms with Crippen LogP contribution >= 0.6 is 0 Å². The zero-order chi connectivity index (χ0) is 14.1. The fourth-order valence-corrected chi connectivity index (χ4v) is 4.02. The standard InChI is InChI=1S/C11H19F3N2O2S/c12-11(13,14)9-15-3-1-10(2-4-15)16-5-7-19(17,18)8-6-16/h10H,1-9H2. The average molecular weight is 300 g/mol. The Balaban J connectivity index is 1.78. The number of hydrogen-bond donors (Lipinski definition) is 0. The van der Waals surface area contributed by atoms with E-state index in [9.17, 15) is 21.6 Å². The normalized spacial score (nSPS) is 27.5. The summed E-state index contributed by atoms with van der Waals surface area (Å²) >= 11 is 0. The fraction of sp³-hybridized carbons (Fsp3) is 1.00. The van der Waals surface area contributed by atoms with Gasteiger partial charge in [-0.2, -0.15) is 13.2 Å². The number of hydrogen-bond acceptors (Lipinski definition) is 4. The molecule has 0 N–H and O–H groups in total. The molecule has 2 aliphatic rings. The van der Waals surface area contributed by atoms with Crippen molar-refractivity contribution < 1.29 is 21.6 Å². The lowest BCUT2D eigenvalue weighted by molar-refractivity contribution is -0.149. The maximum Gasteiger partial charge on any atom is 0.401 e. The van der Waals surface area contributed by atoms with Gasteiger partial charge in [0, 0.05) is 19.1 Å². The molecule has 4 nitrogen and oxygen atoms in total. The molecular formula is C11H19F3N2O2S. The SMILES string of the molecule is O=S1(=O)CCN(C2CCN(CC(F)(F)F)CC2)CC1. The molecule has 2 fully saturated rings. The smallest absolute Gasteiger partial charge is 0.298 e. The minimum atomic E-state index is -4.13. The summed E-state index contributed by atoms with van der Waals surface area (Å²) in [5.74, 6) is 0.353. The average Bonchev–Trinajstić information content (AvgIpc) is 2.28. The molecule has 0 radical (unpaired) electrons. The molecule has 0 unspecified atom stereocenters. The quantitative estimate of drug-likeness (QED) is 0.754. The Labute approximate surface area is 111 Å². The first-order chi connectivity index (χ1) is 8.75. The minimum Gasteiger partial charge on any atom is -0.298 e. The summed E-state index contributed by atoms with van der Waals surface area (Å²) in [6, 6.07) is 0.236.